The van der Waals surface area contributed by atoms with Gasteiger partial charge in [0.1, 0.15) is 34.3 Å². The van der Waals surface area contributed by atoms with Gasteiger partial charge in [0.25, 0.3) is 6.29 Å². The van der Waals surface area contributed by atoms with E-state index in [2.05, 4.69) is 0 Å². The second-order valence-corrected chi connectivity index (χ2v) is 8.84. The second-order valence-electron chi connectivity index (χ2n) is 8.84. The van der Waals surface area contributed by atoms with Gasteiger partial charge >= 0.3 is 0 Å². The van der Waals surface area contributed by atoms with Crippen LogP contribution >= 0.6 is 0 Å². The Kier molecular flexibility index (Phi) is 5.62. The molecule has 0 saturated heterocycles. The zero-order valence-electron chi connectivity index (χ0n) is 19.4. The van der Waals surface area contributed by atoms with Crippen LogP contribution in [0.2, 0.25) is 0 Å². The number of phenolic OH excluding ortho intramolecular Hbond substituents is 3. The molecule has 3 N–H and O–H groups in total. The number of ketones is 1. The number of Topliss-reactive ketones (excluding diaryl/α,β-unsaturated/α-hetero) is 1. The van der Waals surface area contributed by atoms with Crippen molar-refractivity contribution < 1.29 is 34.3 Å². The number of fused-ring (bicyclic) bond motifs is 4. The molecule has 0 aliphatic carbocycles. The third-order valence-electron chi connectivity index (χ3n) is 6.09. The summed E-state index contributed by atoms with van der Waals surface area (Å²) in [6.45, 7) is 7.70. The number of hydrogen-bond donors (Lipinski definition) is 3. The number of allylic oxidation sites excluding steroid dienone is 4. The van der Waals surface area contributed by atoms with E-state index in [-0.39, 0.29) is 40.5 Å². The molecule has 7 heteroatoms. The molecule has 0 fully saturated rings. The van der Waals surface area contributed by atoms with Crippen LogP contribution in [0.5, 0.6) is 28.7 Å². The predicted octanol–water partition coefficient (Wildman–Crippen LogP) is 4.66. The van der Waals surface area contributed by atoms with Crippen molar-refractivity contribution in [2.45, 2.75) is 52.4 Å². The van der Waals surface area contributed by atoms with Crippen molar-refractivity contribution in [3.8, 4) is 28.7 Å². The maximum absolute atomic E-state index is 13.9. The minimum atomic E-state index is -1.67. The molecule has 174 valence electrons. The average Bonchev–Trinajstić information content (AvgIpc) is 3.06. The number of carbonyl (C=O) groups is 1. The molecular weight excluding hydrogens is 424 g/mol. The minimum absolute atomic E-state index is 0.0106. The van der Waals surface area contributed by atoms with E-state index in [0.29, 0.717) is 23.3 Å². The standard InChI is InChI=1S/C26H28O7/c1-13(2)6-8-15-19(28)12-20-21(22(15)29)24(30)26(31-5)17-10-11-18(27)16(9-7-14(3)4)23(17)33-25(26)32-20/h6-7,10-12,25,27-29H,8-9H2,1-5H3/t25-,26+/m1/s1. The van der Waals surface area contributed by atoms with E-state index >= 15 is 0 Å². The van der Waals surface area contributed by atoms with E-state index < -0.39 is 17.7 Å². The summed E-state index contributed by atoms with van der Waals surface area (Å²) in [5.41, 5.74) is 1.48. The Morgan fingerprint density at radius 3 is 2.24 bits per heavy atom. The third kappa shape index (κ3) is 3.43. The van der Waals surface area contributed by atoms with Gasteiger partial charge in [0, 0.05) is 29.9 Å². The maximum Gasteiger partial charge on any atom is 0.281 e. The highest BCUT2D eigenvalue weighted by atomic mass is 16.7. The lowest BCUT2D eigenvalue weighted by Gasteiger charge is -2.36. The summed E-state index contributed by atoms with van der Waals surface area (Å²) in [6, 6.07) is 4.39. The molecule has 0 spiro atoms. The van der Waals surface area contributed by atoms with Crippen LogP contribution in [0.3, 0.4) is 0 Å². The van der Waals surface area contributed by atoms with E-state index in [9.17, 15) is 20.1 Å². The van der Waals surface area contributed by atoms with Gasteiger partial charge in [-0.3, -0.25) is 4.79 Å². The average molecular weight is 453 g/mol. The van der Waals surface area contributed by atoms with Crippen LogP contribution in [-0.2, 0) is 23.2 Å². The van der Waals surface area contributed by atoms with Crippen molar-refractivity contribution in [1.82, 2.24) is 0 Å². The molecule has 4 rings (SSSR count). The fourth-order valence-corrected chi connectivity index (χ4v) is 4.29. The Labute approximate surface area is 192 Å². The van der Waals surface area contributed by atoms with Gasteiger partial charge in [-0.05, 0) is 52.7 Å². The molecule has 0 saturated carbocycles. The number of methoxy groups -OCH3 is 1. The smallest absolute Gasteiger partial charge is 0.281 e. The quantitative estimate of drug-likeness (QED) is 0.567. The molecule has 2 atom stereocenters. The molecule has 7 nitrogen and oxygen atoms in total. The van der Waals surface area contributed by atoms with Crippen molar-refractivity contribution in [2.75, 3.05) is 7.11 Å². The molecule has 2 aromatic rings. The van der Waals surface area contributed by atoms with Gasteiger partial charge < -0.3 is 29.5 Å². The largest absolute Gasteiger partial charge is 0.508 e. The van der Waals surface area contributed by atoms with E-state index in [0.717, 1.165) is 11.1 Å². The number of carbonyl (C=O) groups excluding carboxylic acids is 1. The van der Waals surface area contributed by atoms with Gasteiger partial charge in [0.15, 0.2) is 0 Å². The fraction of sp³-hybridized carbons (Fsp3) is 0.346. The molecule has 0 aromatic heterocycles. The zero-order valence-corrected chi connectivity index (χ0v) is 19.4. The van der Waals surface area contributed by atoms with Crippen LogP contribution in [0.4, 0.5) is 0 Å². The molecule has 2 aliphatic heterocycles. The van der Waals surface area contributed by atoms with Gasteiger partial charge in [0.05, 0.1) is 0 Å². The Balaban J connectivity index is 1.89. The van der Waals surface area contributed by atoms with Gasteiger partial charge in [-0.2, -0.15) is 0 Å². The Morgan fingerprint density at radius 1 is 1.00 bits per heavy atom. The summed E-state index contributed by atoms with van der Waals surface area (Å²) in [5, 5.41) is 32.0. The highest BCUT2D eigenvalue weighted by molar-refractivity contribution is 6.10. The van der Waals surface area contributed by atoms with Gasteiger partial charge in [0.2, 0.25) is 11.4 Å². The number of ether oxygens (including phenoxy) is 3. The van der Waals surface area contributed by atoms with Gasteiger partial charge in [-0.25, -0.2) is 0 Å². The first-order valence-corrected chi connectivity index (χ1v) is 10.7. The van der Waals surface area contributed by atoms with Crippen LogP contribution in [-0.4, -0.2) is 34.5 Å². The lowest BCUT2D eigenvalue weighted by Crippen LogP contribution is -2.52. The maximum atomic E-state index is 13.9. The first-order valence-electron chi connectivity index (χ1n) is 10.7. The Hall–Kier alpha value is -3.45. The monoisotopic (exact) mass is 452 g/mol. The van der Waals surface area contributed by atoms with Crippen LogP contribution in [0.1, 0.15) is 54.7 Å². The summed E-state index contributed by atoms with van der Waals surface area (Å²) in [6.07, 6.45) is 3.24. The summed E-state index contributed by atoms with van der Waals surface area (Å²) < 4.78 is 17.8. The highest BCUT2D eigenvalue weighted by Gasteiger charge is 2.62. The minimum Gasteiger partial charge on any atom is -0.508 e. The van der Waals surface area contributed by atoms with Crippen LogP contribution in [0.15, 0.2) is 41.5 Å². The number of phenols is 3. The predicted molar refractivity (Wildman–Crippen MR) is 122 cm³/mol. The molecule has 0 bridgehead atoms. The van der Waals surface area contributed by atoms with E-state index in [4.69, 9.17) is 14.2 Å². The van der Waals surface area contributed by atoms with Crippen LogP contribution in [0.25, 0.3) is 0 Å². The molecule has 33 heavy (non-hydrogen) atoms. The molecule has 2 aromatic carbocycles. The van der Waals surface area contributed by atoms with E-state index in [1.54, 1.807) is 6.07 Å². The first kappa shape index (κ1) is 22.7. The lowest BCUT2D eigenvalue weighted by molar-refractivity contribution is -0.135. The summed E-state index contributed by atoms with van der Waals surface area (Å²) in [7, 11) is 1.38. The summed E-state index contributed by atoms with van der Waals surface area (Å²) in [5.74, 6) is -0.709. The van der Waals surface area contributed by atoms with Crippen molar-refractivity contribution in [3.63, 3.8) is 0 Å². The molecule has 2 aliphatic rings. The van der Waals surface area contributed by atoms with Crippen LogP contribution in [0, 0.1) is 0 Å². The molecule has 0 amide bonds. The highest BCUT2D eigenvalue weighted by Crippen LogP contribution is 2.55. The fourth-order valence-electron chi connectivity index (χ4n) is 4.29. The van der Waals surface area contributed by atoms with Crippen molar-refractivity contribution in [2.24, 2.45) is 0 Å². The molecule has 2 heterocycles. The van der Waals surface area contributed by atoms with Crippen LogP contribution < -0.4 is 9.47 Å². The number of rotatable bonds is 5. The third-order valence-corrected chi connectivity index (χ3v) is 6.09. The summed E-state index contributed by atoms with van der Waals surface area (Å²) in [4.78, 5) is 13.9. The first-order chi connectivity index (χ1) is 15.6. The Bertz CT molecular complexity index is 1200. The van der Waals surface area contributed by atoms with Crippen molar-refractivity contribution in [3.05, 3.63) is 63.8 Å². The Morgan fingerprint density at radius 2 is 1.64 bits per heavy atom. The molecule has 0 unspecified atom stereocenters. The SMILES string of the molecule is CO[C@@]12C(=O)c3c(cc(O)c(CC=C(C)C)c3O)O[C@@H]1Oc1c2ccc(O)c1CC=C(C)C. The number of benzene rings is 2. The number of aromatic hydroxyl groups is 3. The molecular formula is C26H28O7. The zero-order chi connectivity index (χ0) is 24.1. The van der Waals surface area contributed by atoms with Crippen molar-refractivity contribution >= 4 is 5.78 Å². The van der Waals surface area contributed by atoms with Crippen molar-refractivity contribution in [1.29, 1.82) is 0 Å². The number of hydrogen-bond acceptors (Lipinski definition) is 7. The normalized spacial score (nSPS) is 20.2. The van der Waals surface area contributed by atoms with E-state index in [1.165, 1.54) is 19.2 Å². The lowest BCUT2D eigenvalue weighted by atomic mass is 9.82. The van der Waals surface area contributed by atoms with Gasteiger partial charge in [-0.15, -0.1) is 0 Å². The summed E-state index contributed by atoms with van der Waals surface area (Å²) >= 11 is 0. The van der Waals surface area contributed by atoms with Gasteiger partial charge in [-0.1, -0.05) is 23.3 Å². The van der Waals surface area contributed by atoms with E-state index in [1.807, 2.05) is 39.8 Å². The topological polar surface area (TPSA) is 105 Å². The molecule has 0 radical (unpaired) electrons. The second kappa shape index (κ2) is 8.15.